The molecule has 0 N–H and O–H groups in total. The molecule has 0 radical (unpaired) electrons. The largest absolute Gasteiger partial charge is 0.349 e. The van der Waals surface area contributed by atoms with Gasteiger partial charge in [-0.3, -0.25) is 0 Å². The number of hydrogen-bond acceptors (Lipinski definition) is 3. The van der Waals surface area contributed by atoms with E-state index in [2.05, 4.69) is 41.5 Å². The van der Waals surface area contributed by atoms with E-state index in [0.29, 0.717) is 0 Å². The van der Waals surface area contributed by atoms with E-state index in [1.54, 1.807) is 0 Å². The molecule has 2 aromatic carbocycles. The maximum absolute atomic E-state index is 6.09. The number of ether oxygens (including phenoxy) is 1. The molecule has 108 valence electrons. The first-order chi connectivity index (χ1) is 10.1. The monoisotopic (exact) mass is 281 g/mol. The van der Waals surface area contributed by atoms with E-state index in [0.717, 1.165) is 16.6 Å². The lowest BCUT2D eigenvalue weighted by molar-refractivity contribution is -0.0163. The van der Waals surface area contributed by atoms with Gasteiger partial charge in [-0.15, -0.1) is 5.10 Å². The number of benzene rings is 2. The van der Waals surface area contributed by atoms with Gasteiger partial charge in [-0.1, -0.05) is 47.2 Å². The molecule has 3 aromatic rings. The van der Waals surface area contributed by atoms with Crippen LogP contribution in [0.4, 0.5) is 0 Å². The number of rotatable bonds is 4. The molecule has 1 unspecified atom stereocenters. The van der Waals surface area contributed by atoms with E-state index in [4.69, 9.17) is 4.74 Å². The lowest BCUT2D eigenvalue weighted by Gasteiger charge is -2.21. The summed E-state index contributed by atoms with van der Waals surface area (Å²) in [6.45, 7) is 6.13. The zero-order chi connectivity index (χ0) is 14.8. The van der Waals surface area contributed by atoms with Gasteiger partial charge >= 0.3 is 0 Å². The minimum atomic E-state index is -0.266. The molecule has 0 saturated heterocycles. The van der Waals surface area contributed by atoms with Gasteiger partial charge in [-0.25, -0.2) is 4.68 Å². The lowest BCUT2D eigenvalue weighted by atomic mass is 10.1. The highest BCUT2D eigenvalue weighted by Crippen LogP contribution is 2.25. The summed E-state index contributed by atoms with van der Waals surface area (Å²) in [6.07, 6.45) is -0.169. The Morgan fingerprint density at radius 3 is 2.43 bits per heavy atom. The van der Waals surface area contributed by atoms with Crippen molar-refractivity contribution in [3.8, 4) is 0 Å². The highest BCUT2D eigenvalue weighted by molar-refractivity contribution is 5.74. The standard InChI is InChI=1S/C17H19N3O/c1-12(2)21-17(14-10-8-13(3)9-11-14)20-16-7-5-4-6-15(16)18-19-20/h4-12,17H,1-3H3. The van der Waals surface area contributed by atoms with Crippen molar-refractivity contribution in [2.24, 2.45) is 0 Å². The van der Waals surface area contributed by atoms with E-state index >= 15 is 0 Å². The van der Waals surface area contributed by atoms with Crippen LogP contribution in [0.3, 0.4) is 0 Å². The van der Waals surface area contributed by atoms with E-state index in [9.17, 15) is 0 Å². The first-order valence-corrected chi connectivity index (χ1v) is 7.17. The third-order valence-electron chi connectivity index (χ3n) is 3.36. The maximum atomic E-state index is 6.09. The topological polar surface area (TPSA) is 39.9 Å². The summed E-state index contributed by atoms with van der Waals surface area (Å²) in [5.41, 5.74) is 4.15. The van der Waals surface area contributed by atoms with E-state index in [1.807, 2.05) is 42.8 Å². The van der Waals surface area contributed by atoms with Gasteiger partial charge in [0.25, 0.3) is 0 Å². The molecular weight excluding hydrogens is 262 g/mol. The minimum absolute atomic E-state index is 0.0965. The molecule has 3 rings (SSSR count). The van der Waals surface area contributed by atoms with Crippen molar-refractivity contribution in [2.45, 2.75) is 33.1 Å². The van der Waals surface area contributed by atoms with Crippen LogP contribution in [0.5, 0.6) is 0 Å². The molecule has 21 heavy (non-hydrogen) atoms. The number of aromatic nitrogens is 3. The molecule has 0 fully saturated rings. The number of para-hydroxylation sites is 1. The van der Waals surface area contributed by atoms with Crippen molar-refractivity contribution < 1.29 is 4.74 Å². The summed E-state index contributed by atoms with van der Waals surface area (Å²) in [4.78, 5) is 0. The second-order valence-corrected chi connectivity index (χ2v) is 5.47. The number of aryl methyl sites for hydroxylation is 1. The lowest BCUT2D eigenvalue weighted by Crippen LogP contribution is -2.19. The zero-order valence-corrected chi connectivity index (χ0v) is 12.5. The van der Waals surface area contributed by atoms with E-state index in [-0.39, 0.29) is 12.3 Å². The molecule has 0 amide bonds. The van der Waals surface area contributed by atoms with Gasteiger partial charge in [0.15, 0.2) is 6.23 Å². The predicted molar refractivity (Wildman–Crippen MR) is 83.1 cm³/mol. The Bertz CT molecular complexity index is 731. The average Bonchev–Trinajstić information content (AvgIpc) is 2.89. The molecule has 4 heteroatoms. The summed E-state index contributed by atoms with van der Waals surface area (Å²) in [6, 6.07) is 16.3. The van der Waals surface area contributed by atoms with Crippen molar-refractivity contribution in [1.82, 2.24) is 15.0 Å². The second-order valence-electron chi connectivity index (χ2n) is 5.47. The van der Waals surface area contributed by atoms with Crippen LogP contribution in [0.25, 0.3) is 11.0 Å². The fourth-order valence-corrected chi connectivity index (χ4v) is 2.33. The van der Waals surface area contributed by atoms with Gasteiger partial charge in [0, 0.05) is 5.56 Å². The summed E-state index contributed by atoms with van der Waals surface area (Å²) in [7, 11) is 0. The van der Waals surface area contributed by atoms with Crippen molar-refractivity contribution in [3.63, 3.8) is 0 Å². The Hall–Kier alpha value is -2.20. The zero-order valence-electron chi connectivity index (χ0n) is 12.5. The van der Waals surface area contributed by atoms with Gasteiger partial charge in [-0.05, 0) is 32.9 Å². The summed E-state index contributed by atoms with van der Waals surface area (Å²) in [5, 5.41) is 8.51. The number of fused-ring (bicyclic) bond motifs is 1. The molecule has 0 aliphatic rings. The molecule has 4 nitrogen and oxygen atoms in total. The number of nitrogens with zero attached hydrogens (tertiary/aromatic N) is 3. The van der Waals surface area contributed by atoms with Crippen LogP contribution >= 0.6 is 0 Å². The van der Waals surface area contributed by atoms with Crippen molar-refractivity contribution in [3.05, 3.63) is 59.7 Å². The van der Waals surface area contributed by atoms with Crippen LogP contribution in [0.15, 0.2) is 48.5 Å². The Labute approximate surface area is 124 Å². The Balaban J connectivity index is 2.08. The van der Waals surface area contributed by atoms with Crippen LogP contribution in [0.2, 0.25) is 0 Å². The van der Waals surface area contributed by atoms with Crippen LogP contribution in [-0.2, 0) is 4.74 Å². The van der Waals surface area contributed by atoms with E-state index in [1.165, 1.54) is 5.56 Å². The van der Waals surface area contributed by atoms with Crippen LogP contribution in [0, 0.1) is 6.92 Å². The third-order valence-corrected chi connectivity index (χ3v) is 3.36. The Kier molecular flexibility index (Phi) is 3.71. The molecule has 0 bridgehead atoms. The molecule has 0 spiro atoms. The molecule has 1 atom stereocenters. The molecule has 0 saturated carbocycles. The maximum Gasteiger partial charge on any atom is 0.178 e. The first-order valence-electron chi connectivity index (χ1n) is 7.17. The third kappa shape index (κ3) is 2.81. The fourth-order valence-electron chi connectivity index (χ4n) is 2.33. The van der Waals surface area contributed by atoms with Crippen LogP contribution in [0.1, 0.15) is 31.2 Å². The highest BCUT2D eigenvalue weighted by Gasteiger charge is 2.19. The average molecular weight is 281 g/mol. The highest BCUT2D eigenvalue weighted by atomic mass is 16.5. The molecule has 0 aliphatic carbocycles. The molecule has 1 heterocycles. The van der Waals surface area contributed by atoms with Crippen molar-refractivity contribution in [2.75, 3.05) is 0 Å². The summed E-state index contributed by atoms with van der Waals surface area (Å²) in [5.74, 6) is 0. The fraction of sp³-hybridized carbons (Fsp3) is 0.294. The smallest absolute Gasteiger partial charge is 0.178 e. The quantitative estimate of drug-likeness (QED) is 0.732. The minimum Gasteiger partial charge on any atom is -0.349 e. The Morgan fingerprint density at radius 2 is 1.71 bits per heavy atom. The SMILES string of the molecule is Cc1ccc(C(OC(C)C)n2nnc3ccccc32)cc1. The molecule has 1 aromatic heterocycles. The molecule has 0 aliphatic heterocycles. The van der Waals surface area contributed by atoms with Crippen LogP contribution in [-0.4, -0.2) is 21.1 Å². The van der Waals surface area contributed by atoms with Gasteiger partial charge in [0.1, 0.15) is 5.52 Å². The van der Waals surface area contributed by atoms with Crippen LogP contribution < -0.4 is 0 Å². The molecular formula is C17H19N3O. The van der Waals surface area contributed by atoms with Gasteiger partial charge < -0.3 is 4.74 Å². The first kappa shape index (κ1) is 13.8. The normalized spacial score (nSPS) is 13.0. The predicted octanol–water partition coefficient (Wildman–Crippen LogP) is 3.71. The number of hydrogen-bond donors (Lipinski definition) is 0. The van der Waals surface area contributed by atoms with Gasteiger partial charge in [-0.2, -0.15) is 0 Å². The second kappa shape index (κ2) is 5.66. The van der Waals surface area contributed by atoms with Crippen molar-refractivity contribution >= 4 is 11.0 Å². The van der Waals surface area contributed by atoms with E-state index < -0.39 is 0 Å². The Morgan fingerprint density at radius 1 is 1.00 bits per heavy atom. The summed E-state index contributed by atoms with van der Waals surface area (Å²) < 4.78 is 7.94. The van der Waals surface area contributed by atoms with Crippen molar-refractivity contribution in [1.29, 1.82) is 0 Å². The van der Waals surface area contributed by atoms with Gasteiger partial charge in [0.2, 0.25) is 0 Å². The summed E-state index contributed by atoms with van der Waals surface area (Å²) >= 11 is 0. The van der Waals surface area contributed by atoms with Gasteiger partial charge in [0.05, 0.1) is 11.6 Å².